The van der Waals surface area contributed by atoms with Crippen LogP contribution in [-0.4, -0.2) is 25.3 Å². The Labute approximate surface area is 121 Å². The van der Waals surface area contributed by atoms with Gasteiger partial charge in [0.1, 0.15) is 4.90 Å². The Bertz CT molecular complexity index is 842. The summed E-state index contributed by atoms with van der Waals surface area (Å²) in [4.78, 5) is 2.46. The third kappa shape index (κ3) is 4.57. The van der Waals surface area contributed by atoms with Gasteiger partial charge in [-0.1, -0.05) is 18.2 Å². The van der Waals surface area contributed by atoms with Crippen LogP contribution in [0.25, 0.3) is 15.7 Å². The summed E-state index contributed by atoms with van der Waals surface area (Å²) in [5.74, 6) is -0.529. The third-order valence-electron chi connectivity index (χ3n) is 2.34. The smallest absolute Gasteiger partial charge is 0.501 e. The minimum Gasteiger partial charge on any atom is -0.501 e. The Hall–Kier alpha value is -2.39. The van der Waals surface area contributed by atoms with Crippen molar-refractivity contribution in [3.63, 3.8) is 0 Å². The number of diazo groups is 1. The van der Waals surface area contributed by atoms with Gasteiger partial charge in [0, 0.05) is 11.5 Å². The molecule has 0 unspecified atom stereocenters. The lowest BCUT2D eigenvalue weighted by Crippen LogP contribution is -2.02. The molecule has 12 heteroatoms. The molecule has 6 nitrogen and oxygen atoms in total. The molecule has 118 valence electrons. The molecule has 2 N–H and O–H groups in total. The van der Waals surface area contributed by atoms with Gasteiger partial charge in [0.05, 0.1) is 5.39 Å². The summed E-state index contributed by atoms with van der Waals surface area (Å²) in [6.45, 7) is 0. The third-order valence-corrected chi connectivity index (χ3v) is 3.23. The molecule has 0 saturated carbocycles. The molecule has 0 fully saturated rings. The predicted octanol–water partition coefficient (Wildman–Crippen LogP) is 3.58. The van der Waals surface area contributed by atoms with Gasteiger partial charge in [0.15, 0.2) is 4.98 Å². The molecule has 2 aromatic rings. The first-order valence-electron chi connectivity index (χ1n) is 5.39. The number of aromatic hydroxyl groups is 1. The van der Waals surface area contributed by atoms with Crippen LogP contribution >= 0.6 is 0 Å². The minimum atomic E-state index is -6.00. The van der Waals surface area contributed by atoms with Gasteiger partial charge in [-0.2, -0.15) is 8.42 Å². The molecule has 22 heavy (non-hydrogen) atoms. The molecule has 0 aliphatic carbocycles. The van der Waals surface area contributed by atoms with E-state index in [1.165, 1.54) is 12.1 Å². The first-order valence-corrected chi connectivity index (χ1v) is 6.83. The van der Waals surface area contributed by atoms with Gasteiger partial charge in [0.25, 0.3) is 10.1 Å². The fourth-order valence-electron chi connectivity index (χ4n) is 1.63. The number of phenolic OH excluding ortho intramolecular Hbond substituents is 1. The standard InChI is InChI=1S/C10H6N2O4S.BF4/c11-12-10-7-4-2-1-3-6(7)9(5-8(10)13)17(14,15)16;2-1(3,4)5/h1-5H,(H-,13,14,15,16);/q;-1/p+1. The molecule has 0 saturated heterocycles. The van der Waals surface area contributed by atoms with Gasteiger partial charge < -0.3 is 22.4 Å². The predicted molar refractivity (Wildman–Crippen MR) is 70.4 cm³/mol. The zero-order valence-electron chi connectivity index (χ0n) is 10.5. The van der Waals surface area contributed by atoms with Crippen LogP contribution in [0.5, 0.6) is 5.75 Å². The molecular weight excluding hydrogens is 331 g/mol. The van der Waals surface area contributed by atoms with E-state index >= 15 is 0 Å². The Morgan fingerprint density at radius 2 is 1.55 bits per heavy atom. The maximum absolute atomic E-state index is 11.2. The van der Waals surface area contributed by atoms with Crippen molar-refractivity contribution in [1.82, 2.24) is 0 Å². The van der Waals surface area contributed by atoms with Crippen LogP contribution < -0.4 is 0 Å². The van der Waals surface area contributed by atoms with Crippen molar-refractivity contribution in [3.05, 3.63) is 35.3 Å². The maximum atomic E-state index is 11.2. The molecule has 0 amide bonds. The lowest BCUT2D eigenvalue weighted by Gasteiger charge is -2.02. The van der Waals surface area contributed by atoms with E-state index in [0.717, 1.165) is 6.07 Å². The highest BCUT2D eigenvalue weighted by molar-refractivity contribution is 7.86. The van der Waals surface area contributed by atoms with E-state index in [2.05, 4.69) is 4.98 Å². The summed E-state index contributed by atoms with van der Waals surface area (Å²) in [5.41, 5.74) is -0.145. The summed E-state index contributed by atoms with van der Waals surface area (Å²) < 4.78 is 70.3. The van der Waals surface area contributed by atoms with Crippen LogP contribution in [0.1, 0.15) is 0 Å². The molecule has 0 aliphatic rings. The van der Waals surface area contributed by atoms with E-state index < -0.39 is 28.0 Å². The number of phenols is 1. The lowest BCUT2D eigenvalue weighted by molar-refractivity contribution is 0.368. The van der Waals surface area contributed by atoms with E-state index in [9.17, 15) is 30.8 Å². The second-order valence-electron chi connectivity index (χ2n) is 3.86. The SMILES string of the molecule is F[B-](F)(F)F.N#[N+]c1c(O)cc(S(=O)(=O)O)c2ccccc12. The van der Waals surface area contributed by atoms with Crippen LogP contribution in [-0.2, 0) is 10.1 Å². The second kappa shape index (κ2) is 6.16. The number of hydrogen-bond donors (Lipinski definition) is 2. The highest BCUT2D eigenvalue weighted by Crippen LogP contribution is 2.38. The van der Waals surface area contributed by atoms with E-state index in [1.54, 1.807) is 12.1 Å². The van der Waals surface area contributed by atoms with Gasteiger partial charge in [0.2, 0.25) is 11.1 Å². The summed E-state index contributed by atoms with van der Waals surface area (Å²) in [5, 5.41) is 18.7. The first-order chi connectivity index (χ1) is 9.95. The number of nitrogens with zero attached hydrogens (tertiary/aromatic N) is 2. The zero-order chi connectivity index (χ0) is 17.1. The average Bonchev–Trinajstić information content (AvgIpc) is 2.34. The Balaban J connectivity index is 0.000000422. The first kappa shape index (κ1) is 17.7. The van der Waals surface area contributed by atoms with E-state index in [4.69, 9.17) is 9.95 Å². The fraction of sp³-hybridized carbons (Fsp3) is 0. The lowest BCUT2D eigenvalue weighted by atomic mass is 10.1. The summed E-state index contributed by atoms with van der Waals surface area (Å²) in [7, 11) is -10.5. The highest BCUT2D eigenvalue weighted by Gasteiger charge is 2.25. The van der Waals surface area contributed by atoms with E-state index in [1.807, 2.05) is 0 Å². The van der Waals surface area contributed by atoms with Crippen molar-refractivity contribution in [2.24, 2.45) is 0 Å². The molecule has 0 aliphatic heterocycles. The maximum Gasteiger partial charge on any atom is 0.673 e. The minimum absolute atomic E-state index is 0.145. The number of rotatable bonds is 1. The number of benzene rings is 2. The Kier molecular flexibility index (Phi) is 4.95. The number of hydrogen-bond acceptors (Lipinski definition) is 4. The van der Waals surface area contributed by atoms with Crippen molar-refractivity contribution in [1.29, 1.82) is 5.39 Å². The van der Waals surface area contributed by atoms with Crippen LogP contribution in [0.2, 0.25) is 0 Å². The molecule has 2 aromatic carbocycles. The van der Waals surface area contributed by atoms with Gasteiger partial charge in [-0.3, -0.25) is 4.55 Å². The molecule has 0 spiro atoms. The van der Waals surface area contributed by atoms with Crippen molar-refractivity contribution in [3.8, 4) is 5.75 Å². The molecular formula is C10H7BF4N2O4S. The Morgan fingerprint density at radius 1 is 1.09 bits per heavy atom. The fourth-order valence-corrected chi connectivity index (χ4v) is 2.35. The molecule has 0 heterocycles. The monoisotopic (exact) mass is 338 g/mol. The van der Waals surface area contributed by atoms with Gasteiger partial charge in [-0.05, 0) is 6.07 Å². The summed E-state index contributed by atoms with van der Waals surface area (Å²) >= 11 is 0. The Morgan fingerprint density at radius 3 is 1.95 bits per heavy atom. The number of halogens is 4. The largest absolute Gasteiger partial charge is 0.673 e. The second-order valence-corrected chi connectivity index (χ2v) is 5.25. The van der Waals surface area contributed by atoms with Crippen LogP contribution in [0, 0.1) is 5.39 Å². The number of fused-ring (bicyclic) bond motifs is 1. The molecule has 0 bridgehead atoms. The molecule has 0 radical (unpaired) electrons. The van der Waals surface area contributed by atoms with Crippen LogP contribution in [0.15, 0.2) is 35.2 Å². The van der Waals surface area contributed by atoms with Crippen molar-refractivity contribution in [2.45, 2.75) is 4.90 Å². The molecule has 0 aromatic heterocycles. The normalized spacial score (nSPS) is 11.5. The van der Waals surface area contributed by atoms with Gasteiger partial charge in [-0.25, -0.2) is 0 Å². The molecule has 2 rings (SSSR count). The summed E-state index contributed by atoms with van der Waals surface area (Å²) in [6.07, 6.45) is 0. The highest BCUT2D eigenvalue weighted by atomic mass is 32.2. The van der Waals surface area contributed by atoms with Crippen molar-refractivity contribution >= 4 is 33.8 Å². The van der Waals surface area contributed by atoms with Crippen molar-refractivity contribution < 1.29 is 35.3 Å². The van der Waals surface area contributed by atoms with Gasteiger partial charge >= 0.3 is 12.9 Å². The van der Waals surface area contributed by atoms with Crippen molar-refractivity contribution in [2.75, 3.05) is 0 Å². The van der Waals surface area contributed by atoms with E-state index in [0.29, 0.717) is 0 Å². The van der Waals surface area contributed by atoms with Gasteiger partial charge in [-0.15, -0.1) is 0 Å². The van der Waals surface area contributed by atoms with Crippen LogP contribution in [0.4, 0.5) is 23.0 Å². The van der Waals surface area contributed by atoms with Crippen LogP contribution in [0.3, 0.4) is 0 Å². The average molecular weight is 338 g/mol. The van der Waals surface area contributed by atoms with E-state index in [-0.39, 0.29) is 16.5 Å². The molecule has 0 atom stereocenters. The summed E-state index contributed by atoms with van der Waals surface area (Å²) in [6, 6.07) is 6.90. The quantitative estimate of drug-likeness (QED) is 0.358. The zero-order valence-corrected chi connectivity index (χ0v) is 11.3. The topological polar surface area (TPSA) is 103 Å².